The summed E-state index contributed by atoms with van der Waals surface area (Å²) in [6.07, 6.45) is 2.17. The van der Waals surface area contributed by atoms with E-state index in [0.29, 0.717) is 5.02 Å². The summed E-state index contributed by atoms with van der Waals surface area (Å²) in [4.78, 5) is 14.5. The number of amides is 1. The topological polar surface area (TPSA) is 58.4 Å². The van der Waals surface area contributed by atoms with Gasteiger partial charge in [0.2, 0.25) is 0 Å². The minimum atomic E-state index is -0.357. The summed E-state index contributed by atoms with van der Waals surface area (Å²) in [5.74, 6) is 5.34. The number of carbonyl (C=O) groups excluding carboxylic acids is 1. The molecule has 120 valence electrons. The van der Waals surface area contributed by atoms with E-state index in [0.717, 1.165) is 16.8 Å². The SMILES string of the molecule is CC1=CC(C)(C)N([C@@H](C(=O)NN)C(C)C)c2ccc(Cl)cc21. The quantitative estimate of drug-likeness (QED) is 0.510. The summed E-state index contributed by atoms with van der Waals surface area (Å²) in [5, 5.41) is 0.690. The summed E-state index contributed by atoms with van der Waals surface area (Å²) in [6, 6.07) is 5.43. The monoisotopic (exact) mass is 321 g/mol. The van der Waals surface area contributed by atoms with Crippen molar-refractivity contribution < 1.29 is 4.79 Å². The number of fused-ring (bicyclic) bond motifs is 1. The summed E-state index contributed by atoms with van der Waals surface area (Å²) < 4.78 is 0. The van der Waals surface area contributed by atoms with Crippen molar-refractivity contribution >= 4 is 28.8 Å². The molecule has 1 heterocycles. The first-order valence-electron chi connectivity index (χ1n) is 7.48. The molecule has 4 nitrogen and oxygen atoms in total. The molecule has 0 bridgehead atoms. The summed E-state index contributed by atoms with van der Waals surface area (Å²) in [7, 11) is 0. The van der Waals surface area contributed by atoms with Crippen molar-refractivity contribution in [2.24, 2.45) is 11.8 Å². The number of nitrogens with two attached hydrogens (primary N) is 1. The first kappa shape index (κ1) is 16.8. The second-order valence-electron chi connectivity index (χ2n) is 6.71. The van der Waals surface area contributed by atoms with Gasteiger partial charge in [-0.25, -0.2) is 5.84 Å². The second kappa shape index (κ2) is 5.94. The normalized spacial score (nSPS) is 17.8. The standard InChI is InChI=1S/C17H24ClN3O/c1-10(2)15(16(22)20-19)21-14-7-6-12(18)8-13(14)11(3)9-17(21,4)5/h6-10,15H,19H2,1-5H3,(H,20,22)/t15-/m1/s1. The van der Waals surface area contributed by atoms with Crippen LogP contribution in [0.2, 0.25) is 5.02 Å². The average molecular weight is 322 g/mol. The molecular weight excluding hydrogens is 298 g/mol. The van der Waals surface area contributed by atoms with E-state index in [-0.39, 0.29) is 23.4 Å². The minimum Gasteiger partial charge on any atom is -0.350 e. The third-order valence-electron chi connectivity index (χ3n) is 4.15. The lowest BCUT2D eigenvalue weighted by molar-refractivity contribution is -0.123. The molecule has 0 aliphatic carbocycles. The fraction of sp³-hybridized carbons (Fsp3) is 0.471. The molecule has 1 aromatic rings. The highest BCUT2D eigenvalue weighted by Gasteiger charge is 2.40. The largest absolute Gasteiger partial charge is 0.350 e. The molecule has 5 heteroatoms. The van der Waals surface area contributed by atoms with Crippen molar-refractivity contribution in [1.82, 2.24) is 5.43 Å². The van der Waals surface area contributed by atoms with Crippen LogP contribution in [0.5, 0.6) is 0 Å². The van der Waals surface area contributed by atoms with Crippen LogP contribution >= 0.6 is 11.6 Å². The van der Waals surface area contributed by atoms with Crippen molar-refractivity contribution in [1.29, 1.82) is 0 Å². The average Bonchev–Trinajstić information content (AvgIpc) is 2.42. The van der Waals surface area contributed by atoms with E-state index >= 15 is 0 Å². The Hall–Kier alpha value is -1.52. The van der Waals surface area contributed by atoms with Gasteiger partial charge in [0.25, 0.3) is 5.91 Å². The zero-order chi connectivity index (χ0) is 16.7. The Balaban J connectivity index is 2.65. The first-order chi connectivity index (χ1) is 10.2. The molecule has 2 rings (SSSR count). The third-order valence-corrected chi connectivity index (χ3v) is 4.39. The van der Waals surface area contributed by atoms with Gasteiger partial charge in [0.05, 0.1) is 5.54 Å². The van der Waals surface area contributed by atoms with Crippen molar-refractivity contribution in [2.75, 3.05) is 4.90 Å². The summed E-state index contributed by atoms with van der Waals surface area (Å²) in [5.41, 5.74) is 5.24. The predicted octanol–water partition coefficient (Wildman–Crippen LogP) is 3.36. The summed E-state index contributed by atoms with van der Waals surface area (Å²) >= 11 is 6.15. The number of nitrogens with one attached hydrogen (secondary N) is 1. The Bertz CT molecular complexity index is 622. The van der Waals surface area contributed by atoms with Gasteiger partial charge in [-0.15, -0.1) is 0 Å². The number of nitrogens with zero attached hydrogens (tertiary/aromatic N) is 1. The van der Waals surface area contributed by atoms with Gasteiger partial charge in [0.15, 0.2) is 0 Å². The molecule has 22 heavy (non-hydrogen) atoms. The zero-order valence-electron chi connectivity index (χ0n) is 13.8. The van der Waals surface area contributed by atoms with Crippen LogP contribution in [0.15, 0.2) is 24.3 Å². The van der Waals surface area contributed by atoms with Crippen LogP contribution in [0.3, 0.4) is 0 Å². The second-order valence-corrected chi connectivity index (χ2v) is 7.15. The Morgan fingerprint density at radius 1 is 1.36 bits per heavy atom. The van der Waals surface area contributed by atoms with E-state index in [1.54, 1.807) is 0 Å². The van der Waals surface area contributed by atoms with Crippen LogP contribution in [0.25, 0.3) is 5.57 Å². The van der Waals surface area contributed by atoms with Gasteiger partial charge in [-0.3, -0.25) is 10.2 Å². The van der Waals surface area contributed by atoms with Crippen LogP contribution in [0, 0.1) is 5.92 Å². The fourth-order valence-electron chi connectivity index (χ4n) is 3.33. The molecule has 1 atom stereocenters. The molecule has 3 N–H and O–H groups in total. The Morgan fingerprint density at radius 3 is 2.55 bits per heavy atom. The maximum absolute atomic E-state index is 12.4. The van der Waals surface area contributed by atoms with Crippen LogP contribution < -0.4 is 16.2 Å². The fourth-order valence-corrected chi connectivity index (χ4v) is 3.51. The number of halogens is 1. The van der Waals surface area contributed by atoms with Gasteiger partial charge in [0.1, 0.15) is 6.04 Å². The molecular formula is C17H24ClN3O. The van der Waals surface area contributed by atoms with Gasteiger partial charge >= 0.3 is 0 Å². The number of carbonyl (C=O) groups is 1. The predicted molar refractivity (Wildman–Crippen MR) is 92.6 cm³/mol. The molecule has 0 unspecified atom stereocenters. The van der Waals surface area contributed by atoms with Gasteiger partial charge < -0.3 is 4.90 Å². The number of hydrogen-bond donors (Lipinski definition) is 2. The van der Waals surface area contributed by atoms with E-state index in [1.165, 1.54) is 0 Å². The van der Waals surface area contributed by atoms with E-state index in [9.17, 15) is 4.79 Å². The maximum atomic E-state index is 12.4. The third kappa shape index (κ3) is 2.85. The van der Waals surface area contributed by atoms with Crippen molar-refractivity contribution in [3.05, 3.63) is 34.9 Å². The molecule has 1 aromatic carbocycles. The molecule has 0 fully saturated rings. The van der Waals surface area contributed by atoms with Gasteiger partial charge in [0, 0.05) is 16.3 Å². The highest BCUT2D eigenvalue weighted by molar-refractivity contribution is 6.30. The summed E-state index contributed by atoms with van der Waals surface area (Å²) in [6.45, 7) is 10.3. The van der Waals surface area contributed by atoms with Crippen molar-refractivity contribution in [3.63, 3.8) is 0 Å². The molecule has 0 spiro atoms. The molecule has 1 amide bonds. The Labute approximate surface area is 137 Å². The maximum Gasteiger partial charge on any atom is 0.256 e. The number of allylic oxidation sites excluding steroid dienone is 1. The van der Waals surface area contributed by atoms with Gasteiger partial charge in [-0.2, -0.15) is 0 Å². The number of rotatable bonds is 3. The number of hydrazine groups is 1. The van der Waals surface area contributed by atoms with E-state index in [1.807, 2.05) is 32.0 Å². The molecule has 0 saturated carbocycles. The van der Waals surface area contributed by atoms with E-state index in [4.69, 9.17) is 17.4 Å². The lowest BCUT2D eigenvalue weighted by Gasteiger charge is -2.48. The van der Waals surface area contributed by atoms with Gasteiger partial charge in [-0.1, -0.05) is 31.5 Å². The Kier molecular flexibility index (Phi) is 4.54. The number of benzene rings is 1. The highest BCUT2D eigenvalue weighted by atomic mass is 35.5. The van der Waals surface area contributed by atoms with Crippen LogP contribution in [0.4, 0.5) is 5.69 Å². The Morgan fingerprint density at radius 2 is 2.00 bits per heavy atom. The van der Waals surface area contributed by atoms with Crippen LogP contribution in [0.1, 0.15) is 40.2 Å². The van der Waals surface area contributed by atoms with E-state index < -0.39 is 0 Å². The highest BCUT2D eigenvalue weighted by Crippen LogP contribution is 2.42. The molecule has 0 aromatic heterocycles. The molecule has 1 aliphatic heterocycles. The smallest absolute Gasteiger partial charge is 0.256 e. The minimum absolute atomic E-state index is 0.109. The lowest BCUT2D eigenvalue weighted by atomic mass is 9.85. The van der Waals surface area contributed by atoms with Crippen molar-refractivity contribution in [3.8, 4) is 0 Å². The van der Waals surface area contributed by atoms with Gasteiger partial charge in [-0.05, 0) is 50.5 Å². The number of hydrogen-bond acceptors (Lipinski definition) is 3. The van der Waals surface area contributed by atoms with Crippen LogP contribution in [-0.4, -0.2) is 17.5 Å². The molecule has 1 aliphatic rings. The van der Waals surface area contributed by atoms with Crippen molar-refractivity contribution in [2.45, 2.75) is 46.2 Å². The number of anilines is 1. The van der Waals surface area contributed by atoms with Crippen LogP contribution in [-0.2, 0) is 4.79 Å². The zero-order valence-corrected chi connectivity index (χ0v) is 14.5. The lowest BCUT2D eigenvalue weighted by Crippen LogP contribution is -2.59. The molecule has 0 radical (unpaired) electrons. The van der Waals surface area contributed by atoms with E-state index in [2.05, 4.69) is 37.2 Å². The molecule has 0 saturated heterocycles. The first-order valence-corrected chi connectivity index (χ1v) is 7.86.